The molecule has 1 aliphatic rings. The van der Waals surface area contributed by atoms with Crippen molar-refractivity contribution in [2.75, 3.05) is 12.4 Å². The van der Waals surface area contributed by atoms with E-state index in [1.165, 1.54) is 37.7 Å². The van der Waals surface area contributed by atoms with Crippen molar-refractivity contribution in [3.05, 3.63) is 63.2 Å². The average molecular weight is 448 g/mol. The third-order valence-corrected chi connectivity index (χ3v) is 5.94. The van der Waals surface area contributed by atoms with E-state index in [9.17, 15) is 4.79 Å². The molecule has 0 unspecified atom stereocenters. The Balaban J connectivity index is 1.72. The number of anilines is 1. The quantitative estimate of drug-likeness (QED) is 0.629. The van der Waals surface area contributed by atoms with Crippen LogP contribution in [0, 0.1) is 3.57 Å². The van der Waals surface area contributed by atoms with Crippen molar-refractivity contribution in [2.45, 2.75) is 44.7 Å². The molecule has 0 heterocycles. The summed E-state index contributed by atoms with van der Waals surface area (Å²) in [5.74, 6) is -0.0437. The number of benzene rings is 2. The number of nitrogens with one attached hydrogen (secondary N) is 1. The molecule has 132 valence electrons. The summed E-state index contributed by atoms with van der Waals surface area (Å²) < 4.78 is 0.967. The van der Waals surface area contributed by atoms with Crippen LogP contribution in [0.25, 0.3) is 0 Å². The molecule has 0 spiro atoms. The van der Waals surface area contributed by atoms with Gasteiger partial charge in [0.15, 0.2) is 0 Å². The number of carbonyl (C=O) groups excluding carboxylic acids is 1. The first-order valence-corrected chi connectivity index (χ1v) is 10.1. The summed E-state index contributed by atoms with van der Waals surface area (Å²) >= 11 is 2.21. The molecule has 0 atom stereocenters. The molecule has 3 nitrogen and oxygen atoms in total. The Morgan fingerprint density at radius 1 is 1.08 bits per heavy atom. The minimum Gasteiger partial charge on any atom is -0.322 e. The lowest BCUT2D eigenvalue weighted by molar-refractivity contribution is 0.102. The lowest BCUT2D eigenvalue weighted by Gasteiger charge is -2.31. The van der Waals surface area contributed by atoms with Gasteiger partial charge < -0.3 is 5.32 Å². The zero-order valence-electron chi connectivity index (χ0n) is 14.7. The lowest BCUT2D eigenvalue weighted by Crippen LogP contribution is -2.33. The number of para-hydroxylation sites is 1. The molecular weight excluding hydrogens is 423 g/mol. The van der Waals surface area contributed by atoms with Crippen molar-refractivity contribution in [1.29, 1.82) is 0 Å². The van der Waals surface area contributed by atoms with Crippen LogP contribution in [0.5, 0.6) is 0 Å². The van der Waals surface area contributed by atoms with Gasteiger partial charge in [-0.05, 0) is 66.2 Å². The number of nitrogens with zero attached hydrogens (tertiary/aromatic N) is 1. The molecule has 1 saturated carbocycles. The Morgan fingerprint density at radius 2 is 1.76 bits per heavy atom. The van der Waals surface area contributed by atoms with Gasteiger partial charge in [-0.15, -0.1) is 0 Å². The summed E-state index contributed by atoms with van der Waals surface area (Å²) in [6.45, 7) is 0.868. The van der Waals surface area contributed by atoms with E-state index in [2.05, 4.69) is 45.9 Å². The van der Waals surface area contributed by atoms with Gasteiger partial charge in [-0.1, -0.05) is 49.6 Å². The number of hydrogen-bond acceptors (Lipinski definition) is 2. The lowest BCUT2D eigenvalue weighted by atomic mass is 9.94. The van der Waals surface area contributed by atoms with Crippen LogP contribution in [0.15, 0.2) is 48.5 Å². The highest BCUT2D eigenvalue weighted by atomic mass is 127. The van der Waals surface area contributed by atoms with Crippen LogP contribution in [0.2, 0.25) is 0 Å². The van der Waals surface area contributed by atoms with Crippen LogP contribution in [0.4, 0.5) is 5.69 Å². The molecule has 0 aliphatic heterocycles. The minimum absolute atomic E-state index is 0.0437. The smallest absolute Gasteiger partial charge is 0.256 e. The predicted molar refractivity (Wildman–Crippen MR) is 112 cm³/mol. The maximum atomic E-state index is 12.6. The maximum Gasteiger partial charge on any atom is 0.256 e. The number of carbonyl (C=O) groups is 1. The summed E-state index contributed by atoms with van der Waals surface area (Å²) in [6, 6.07) is 16.5. The fraction of sp³-hybridized carbons (Fsp3) is 0.381. The molecule has 2 aromatic rings. The van der Waals surface area contributed by atoms with Crippen molar-refractivity contribution in [2.24, 2.45) is 0 Å². The van der Waals surface area contributed by atoms with E-state index in [0.717, 1.165) is 21.4 Å². The second-order valence-electron chi connectivity index (χ2n) is 6.80. The molecule has 0 saturated heterocycles. The predicted octanol–water partition coefficient (Wildman–Crippen LogP) is 5.31. The second kappa shape index (κ2) is 8.81. The molecule has 1 N–H and O–H groups in total. The summed E-state index contributed by atoms with van der Waals surface area (Å²) in [5, 5.41) is 3.11. The number of rotatable bonds is 5. The van der Waals surface area contributed by atoms with Crippen LogP contribution in [0.1, 0.15) is 48.0 Å². The highest BCUT2D eigenvalue weighted by Gasteiger charge is 2.19. The van der Waals surface area contributed by atoms with Gasteiger partial charge in [0.2, 0.25) is 0 Å². The fourth-order valence-electron chi connectivity index (χ4n) is 3.53. The van der Waals surface area contributed by atoms with E-state index in [1.807, 2.05) is 42.5 Å². The van der Waals surface area contributed by atoms with Crippen molar-refractivity contribution in [3.8, 4) is 0 Å². The molecular formula is C21H25IN2O. The zero-order chi connectivity index (χ0) is 17.6. The van der Waals surface area contributed by atoms with Gasteiger partial charge in [0, 0.05) is 21.8 Å². The first kappa shape index (κ1) is 18.4. The third kappa shape index (κ3) is 4.82. The van der Waals surface area contributed by atoms with Crippen LogP contribution < -0.4 is 5.32 Å². The second-order valence-corrected chi connectivity index (χ2v) is 7.96. The first-order chi connectivity index (χ1) is 12.1. The number of hydrogen-bond donors (Lipinski definition) is 1. The monoisotopic (exact) mass is 448 g/mol. The maximum absolute atomic E-state index is 12.6. The van der Waals surface area contributed by atoms with Gasteiger partial charge in [0.25, 0.3) is 5.91 Å². The van der Waals surface area contributed by atoms with E-state index in [4.69, 9.17) is 0 Å². The minimum atomic E-state index is -0.0437. The Morgan fingerprint density at radius 3 is 2.52 bits per heavy atom. The van der Waals surface area contributed by atoms with E-state index in [0.29, 0.717) is 6.04 Å². The van der Waals surface area contributed by atoms with Crippen LogP contribution in [-0.4, -0.2) is 23.9 Å². The van der Waals surface area contributed by atoms with E-state index in [-0.39, 0.29) is 5.91 Å². The van der Waals surface area contributed by atoms with Gasteiger partial charge >= 0.3 is 0 Å². The molecule has 1 fully saturated rings. The molecule has 3 rings (SSSR count). The molecule has 2 aromatic carbocycles. The first-order valence-electron chi connectivity index (χ1n) is 8.99. The van der Waals surface area contributed by atoms with E-state index >= 15 is 0 Å². The molecule has 0 bridgehead atoms. The summed E-state index contributed by atoms with van der Waals surface area (Å²) in [5.41, 5.74) is 2.81. The normalized spacial score (nSPS) is 15.3. The SMILES string of the molecule is CN(Cc1ccccc1NC(=O)c1ccccc1I)C1CCCCC1. The fourth-order valence-corrected chi connectivity index (χ4v) is 4.17. The Hall–Kier alpha value is -1.40. The van der Waals surface area contributed by atoms with Crippen molar-refractivity contribution < 1.29 is 4.79 Å². The van der Waals surface area contributed by atoms with Crippen LogP contribution in [0.3, 0.4) is 0 Å². The molecule has 25 heavy (non-hydrogen) atoms. The summed E-state index contributed by atoms with van der Waals surface area (Å²) in [7, 11) is 2.20. The number of amides is 1. The molecule has 1 aliphatic carbocycles. The van der Waals surface area contributed by atoms with Crippen molar-refractivity contribution >= 4 is 34.2 Å². The standard InChI is InChI=1S/C21H25IN2O/c1-24(17-10-3-2-4-11-17)15-16-9-5-8-14-20(16)23-21(25)18-12-6-7-13-19(18)22/h5-9,12-14,17H,2-4,10-11,15H2,1H3,(H,23,25). The third-order valence-electron chi connectivity index (χ3n) is 5.00. The Kier molecular flexibility index (Phi) is 6.48. The highest BCUT2D eigenvalue weighted by Crippen LogP contribution is 2.25. The zero-order valence-corrected chi connectivity index (χ0v) is 16.8. The van der Waals surface area contributed by atoms with Crippen LogP contribution >= 0.6 is 22.6 Å². The average Bonchev–Trinajstić information content (AvgIpc) is 2.64. The highest BCUT2D eigenvalue weighted by molar-refractivity contribution is 14.1. The van der Waals surface area contributed by atoms with E-state index in [1.54, 1.807) is 0 Å². The van der Waals surface area contributed by atoms with Crippen LogP contribution in [-0.2, 0) is 6.54 Å². The van der Waals surface area contributed by atoms with Crippen molar-refractivity contribution in [1.82, 2.24) is 4.90 Å². The van der Waals surface area contributed by atoms with Gasteiger partial charge in [-0.3, -0.25) is 9.69 Å². The molecule has 1 amide bonds. The summed E-state index contributed by atoms with van der Waals surface area (Å²) in [4.78, 5) is 15.1. The Bertz CT molecular complexity index is 725. The summed E-state index contributed by atoms with van der Waals surface area (Å²) in [6.07, 6.45) is 6.60. The topological polar surface area (TPSA) is 32.3 Å². The van der Waals surface area contributed by atoms with Gasteiger partial charge in [0.1, 0.15) is 0 Å². The van der Waals surface area contributed by atoms with E-state index < -0.39 is 0 Å². The molecule has 0 aromatic heterocycles. The van der Waals surface area contributed by atoms with Crippen molar-refractivity contribution in [3.63, 3.8) is 0 Å². The Labute approximate surface area is 164 Å². The van der Waals surface area contributed by atoms with Gasteiger partial charge in [-0.25, -0.2) is 0 Å². The number of halogens is 1. The van der Waals surface area contributed by atoms with Gasteiger partial charge in [0.05, 0.1) is 5.56 Å². The molecule has 0 radical (unpaired) electrons. The largest absolute Gasteiger partial charge is 0.322 e. The van der Waals surface area contributed by atoms with Gasteiger partial charge in [-0.2, -0.15) is 0 Å². The molecule has 4 heteroatoms.